The van der Waals surface area contributed by atoms with Crippen LogP contribution in [0.25, 0.3) is 10.8 Å². The van der Waals surface area contributed by atoms with Gasteiger partial charge in [0, 0.05) is 5.92 Å². The zero-order valence-corrected chi connectivity index (χ0v) is 15.6. The summed E-state index contributed by atoms with van der Waals surface area (Å²) in [6.45, 7) is 4.78. The van der Waals surface area contributed by atoms with E-state index in [1.165, 1.54) is 21.9 Å². The predicted octanol–water partition coefficient (Wildman–Crippen LogP) is 5.37. The first-order valence-corrected chi connectivity index (χ1v) is 9.31. The lowest BCUT2D eigenvalue weighted by atomic mass is 9.95. The third-order valence-electron chi connectivity index (χ3n) is 4.85. The highest BCUT2D eigenvalue weighted by atomic mass is 16.5. The van der Waals surface area contributed by atoms with Crippen LogP contribution in [-0.4, -0.2) is 12.4 Å². The lowest BCUT2D eigenvalue weighted by Crippen LogP contribution is -2.19. The summed E-state index contributed by atoms with van der Waals surface area (Å²) in [5, 5.41) is 2.45. The Morgan fingerprint density at radius 2 is 1.54 bits per heavy atom. The molecule has 0 aliphatic heterocycles. The highest BCUT2D eigenvalue weighted by Crippen LogP contribution is 2.18. The standard InChI is InChI=1S/C24H26O2/c1-3-19-8-10-20(11-9-19)16-26-17-24(25)18(2)14-21-12-13-22-6-4-5-7-23(22)15-21/h4-13,15,18H,3,14,16-17H2,1-2H3/t18-/m1/s1. The topological polar surface area (TPSA) is 26.3 Å². The van der Waals surface area contributed by atoms with Gasteiger partial charge in [0.1, 0.15) is 6.61 Å². The first-order valence-electron chi connectivity index (χ1n) is 9.31. The van der Waals surface area contributed by atoms with Gasteiger partial charge in [-0.1, -0.05) is 80.6 Å². The lowest BCUT2D eigenvalue weighted by molar-refractivity contribution is -0.127. The number of ether oxygens (including phenoxy) is 1. The van der Waals surface area contributed by atoms with Crippen molar-refractivity contribution < 1.29 is 9.53 Å². The summed E-state index contributed by atoms with van der Waals surface area (Å²) in [7, 11) is 0. The second-order valence-electron chi connectivity index (χ2n) is 6.92. The van der Waals surface area contributed by atoms with Gasteiger partial charge in [-0.3, -0.25) is 4.79 Å². The van der Waals surface area contributed by atoms with Crippen LogP contribution < -0.4 is 0 Å². The van der Waals surface area contributed by atoms with Crippen molar-refractivity contribution in [3.05, 3.63) is 83.4 Å². The van der Waals surface area contributed by atoms with Crippen molar-refractivity contribution in [2.75, 3.05) is 6.61 Å². The maximum atomic E-state index is 12.4. The van der Waals surface area contributed by atoms with Crippen molar-refractivity contribution in [2.24, 2.45) is 5.92 Å². The molecule has 0 aliphatic carbocycles. The first-order chi connectivity index (χ1) is 12.7. The lowest BCUT2D eigenvalue weighted by Gasteiger charge is -2.12. The van der Waals surface area contributed by atoms with Gasteiger partial charge in [-0.05, 0) is 40.3 Å². The predicted molar refractivity (Wildman–Crippen MR) is 107 cm³/mol. The summed E-state index contributed by atoms with van der Waals surface area (Å²) in [5.41, 5.74) is 3.62. The molecular weight excluding hydrogens is 320 g/mol. The first kappa shape index (κ1) is 18.3. The van der Waals surface area contributed by atoms with E-state index >= 15 is 0 Å². The number of hydrogen-bond acceptors (Lipinski definition) is 2. The number of hydrogen-bond donors (Lipinski definition) is 0. The number of ketones is 1. The van der Waals surface area contributed by atoms with Gasteiger partial charge >= 0.3 is 0 Å². The number of aryl methyl sites for hydroxylation is 1. The van der Waals surface area contributed by atoms with Crippen molar-refractivity contribution in [3.63, 3.8) is 0 Å². The van der Waals surface area contributed by atoms with E-state index in [1.54, 1.807) is 0 Å². The Kier molecular flexibility index (Phi) is 6.19. The van der Waals surface area contributed by atoms with Crippen molar-refractivity contribution in [3.8, 4) is 0 Å². The van der Waals surface area contributed by atoms with Gasteiger partial charge in [-0.2, -0.15) is 0 Å². The minimum Gasteiger partial charge on any atom is -0.369 e. The van der Waals surface area contributed by atoms with Crippen LogP contribution in [0.15, 0.2) is 66.7 Å². The number of Topliss-reactive ketones (excluding diaryl/α,β-unsaturated/α-hetero) is 1. The molecule has 0 radical (unpaired) electrons. The molecule has 0 unspecified atom stereocenters. The van der Waals surface area contributed by atoms with Gasteiger partial charge < -0.3 is 4.74 Å². The Balaban J connectivity index is 1.50. The molecule has 1 atom stereocenters. The van der Waals surface area contributed by atoms with Crippen molar-refractivity contribution >= 4 is 16.6 Å². The summed E-state index contributed by atoms with van der Waals surface area (Å²) in [4.78, 5) is 12.4. The molecule has 0 heterocycles. The third-order valence-corrected chi connectivity index (χ3v) is 4.85. The Bertz CT molecular complexity index is 865. The molecule has 0 aromatic heterocycles. The summed E-state index contributed by atoms with van der Waals surface area (Å²) < 4.78 is 5.63. The molecular formula is C24H26O2. The maximum absolute atomic E-state index is 12.4. The fourth-order valence-corrected chi connectivity index (χ4v) is 3.12. The van der Waals surface area contributed by atoms with Crippen LogP contribution in [0, 0.1) is 5.92 Å². The maximum Gasteiger partial charge on any atom is 0.161 e. The van der Waals surface area contributed by atoms with Crippen LogP contribution >= 0.6 is 0 Å². The molecule has 0 saturated heterocycles. The summed E-state index contributed by atoms with van der Waals surface area (Å²) >= 11 is 0. The summed E-state index contributed by atoms with van der Waals surface area (Å²) in [5.74, 6) is 0.113. The Morgan fingerprint density at radius 3 is 2.27 bits per heavy atom. The number of benzene rings is 3. The summed E-state index contributed by atoms with van der Waals surface area (Å²) in [6.07, 6.45) is 1.78. The molecule has 0 N–H and O–H groups in total. The quantitative estimate of drug-likeness (QED) is 0.548. The molecule has 3 rings (SSSR count). The summed E-state index contributed by atoms with van der Waals surface area (Å²) in [6, 6.07) is 23.1. The van der Waals surface area contributed by atoms with E-state index in [1.807, 2.05) is 19.1 Å². The van der Waals surface area contributed by atoms with Crippen molar-refractivity contribution in [1.82, 2.24) is 0 Å². The molecule has 0 fully saturated rings. The SMILES string of the molecule is CCc1ccc(COCC(=O)[C@H](C)Cc2ccc3ccccc3c2)cc1. The molecule has 0 spiro atoms. The molecule has 0 bridgehead atoms. The smallest absolute Gasteiger partial charge is 0.161 e. The van der Waals surface area contributed by atoms with E-state index in [9.17, 15) is 4.79 Å². The van der Waals surface area contributed by atoms with Gasteiger partial charge in [-0.15, -0.1) is 0 Å². The van der Waals surface area contributed by atoms with Crippen LogP contribution in [0.3, 0.4) is 0 Å². The van der Waals surface area contributed by atoms with Gasteiger partial charge in [0.05, 0.1) is 6.61 Å². The van der Waals surface area contributed by atoms with E-state index in [0.717, 1.165) is 18.4 Å². The fourth-order valence-electron chi connectivity index (χ4n) is 3.12. The van der Waals surface area contributed by atoms with Gasteiger partial charge in [0.2, 0.25) is 0 Å². The Labute approximate surface area is 155 Å². The fraction of sp³-hybridized carbons (Fsp3) is 0.292. The average Bonchev–Trinajstić information content (AvgIpc) is 2.68. The zero-order chi connectivity index (χ0) is 18.4. The molecule has 2 nitrogen and oxygen atoms in total. The molecule has 3 aromatic carbocycles. The molecule has 134 valence electrons. The molecule has 0 saturated carbocycles. The number of rotatable bonds is 8. The van der Waals surface area contributed by atoms with Crippen LogP contribution in [0.1, 0.15) is 30.5 Å². The largest absolute Gasteiger partial charge is 0.369 e. The Morgan fingerprint density at radius 1 is 0.885 bits per heavy atom. The van der Waals surface area contributed by atoms with Crippen molar-refractivity contribution in [2.45, 2.75) is 33.3 Å². The molecule has 2 heteroatoms. The third kappa shape index (κ3) is 4.80. The van der Waals surface area contributed by atoms with E-state index in [-0.39, 0.29) is 18.3 Å². The normalized spacial score (nSPS) is 12.2. The molecule has 0 aliphatic rings. The average molecular weight is 346 g/mol. The molecule has 3 aromatic rings. The second-order valence-corrected chi connectivity index (χ2v) is 6.92. The van der Waals surface area contributed by atoms with Crippen LogP contribution in [0.2, 0.25) is 0 Å². The highest BCUT2D eigenvalue weighted by molar-refractivity contribution is 5.84. The van der Waals surface area contributed by atoms with E-state index in [4.69, 9.17) is 4.74 Å². The van der Waals surface area contributed by atoms with Crippen LogP contribution in [0.5, 0.6) is 0 Å². The molecule has 26 heavy (non-hydrogen) atoms. The van der Waals surface area contributed by atoms with Gasteiger partial charge in [0.15, 0.2) is 5.78 Å². The second kappa shape index (κ2) is 8.77. The van der Waals surface area contributed by atoms with Gasteiger partial charge in [-0.25, -0.2) is 0 Å². The van der Waals surface area contributed by atoms with Crippen LogP contribution in [0.4, 0.5) is 0 Å². The monoisotopic (exact) mass is 346 g/mol. The highest BCUT2D eigenvalue weighted by Gasteiger charge is 2.14. The van der Waals surface area contributed by atoms with E-state index in [2.05, 4.69) is 61.5 Å². The van der Waals surface area contributed by atoms with Crippen molar-refractivity contribution in [1.29, 1.82) is 0 Å². The molecule has 0 amide bonds. The van der Waals surface area contributed by atoms with E-state index < -0.39 is 0 Å². The van der Waals surface area contributed by atoms with Gasteiger partial charge in [0.25, 0.3) is 0 Å². The van der Waals surface area contributed by atoms with E-state index in [0.29, 0.717) is 6.61 Å². The number of fused-ring (bicyclic) bond motifs is 1. The van der Waals surface area contributed by atoms with Crippen LogP contribution in [-0.2, 0) is 29.0 Å². The Hall–Kier alpha value is -2.45. The number of carbonyl (C=O) groups excluding carboxylic acids is 1. The zero-order valence-electron chi connectivity index (χ0n) is 15.6. The minimum atomic E-state index is -0.0429. The minimum absolute atomic E-state index is 0.0429. The number of carbonyl (C=O) groups is 1.